The van der Waals surface area contributed by atoms with Crippen molar-refractivity contribution in [3.63, 3.8) is 0 Å². The maximum absolute atomic E-state index is 13.4. The van der Waals surface area contributed by atoms with Gasteiger partial charge in [-0.1, -0.05) is 24.3 Å². The first kappa shape index (κ1) is 20.2. The van der Waals surface area contributed by atoms with Crippen molar-refractivity contribution in [2.75, 3.05) is 16.0 Å². The molecule has 0 radical (unpaired) electrons. The summed E-state index contributed by atoms with van der Waals surface area (Å²) in [4.78, 5) is 26.9. The minimum absolute atomic E-state index is 0.0594. The van der Waals surface area contributed by atoms with Gasteiger partial charge in [-0.05, 0) is 73.0 Å². The Labute approximate surface area is 179 Å². The molecular weight excluding hydrogens is 399 g/mol. The summed E-state index contributed by atoms with van der Waals surface area (Å²) >= 11 is 1.56. The van der Waals surface area contributed by atoms with E-state index in [1.807, 2.05) is 49.1 Å². The number of nitrogens with one attached hydrogen (secondary N) is 1. The van der Waals surface area contributed by atoms with Gasteiger partial charge in [0.2, 0.25) is 5.91 Å². The van der Waals surface area contributed by atoms with E-state index in [0.717, 1.165) is 22.4 Å². The van der Waals surface area contributed by atoms with E-state index in [2.05, 4.69) is 11.4 Å². The van der Waals surface area contributed by atoms with E-state index in [-0.39, 0.29) is 22.8 Å². The fourth-order valence-corrected chi connectivity index (χ4v) is 4.81. The molecule has 4 rings (SSSR count). The molecule has 0 saturated carbocycles. The summed E-state index contributed by atoms with van der Waals surface area (Å²) in [5.41, 5.74) is 4.85. The first-order valence-corrected chi connectivity index (χ1v) is 10.6. The van der Waals surface area contributed by atoms with Crippen LogP contribution in [0.3, 0.4) is 0 Å². The van der Waals surface area contributed by atoms with Crippen LogP contribution in [-0.4, -0.2) is 17.6 Å². The SMILES string of the molecule is Cc1cc(C)cc(N2C(=O)CS[C@@H]2c2cccc(NC(=O)c3cccc(F)c3)c2)c1. The molecule has 0 spiro atoms. The van der Waals surface area contributed by atoms with Crippen molar-refractivity contribution >= 4 is 35.0 Å². The Kier molecular flexibility index (Phi) is 5.59. The van der Waals surface area contributed by atoms with Crippen LogP contribution >= 0.6 is 11.8 Å². The highest BCUT2D eigenvalue weighted by Crippen LogP contribution is 2.42. The predicted octanol–water partition coefficient (Wildman–Crippen LogP) is 5.47. The number of hydrogen-bond donors (Lipinski definition) is 1. The fraction of sp³-hybridized carbons (Fsp3) is 0.167. The van der Waals surface area contributed by atoms with Gasteiger partial charge in [0.05, 0.1) is 5.75 Å². The lowest BCUT2D eigenvalue weighted by Crippen LogP contribution is -2.28. The molecule has 4 nitrogen and oxygen atoms in total. The maximum atomic E-state index is 13.4. The third kappa shape index (κ3) is 4.24. The molecule has 1 aliphatic heterocycles. The molecule has 2 amide bonds. The summed E-state index contributed by atoms with van der Waals surface area (Å²) in [7, 11) is 0. The number of carbonyl (C=O) groups excluding carboxylic acids is 2. The van der Waals surface area contributed by atoms with Crippen molar-refractivity contribution in [3.8, 4) is 0 Å². The zero-order chi connectivity index (χ0) is 21.3. The second-order valence-electron chi connectivity index (χ2n) is 7.36. The Morgan fingerprint density at radius 2 is 1.77 bits per heavy atom. The highest BCUT2D eigenvalue weighted by Gasteiger charge is 2.34. The van der Waals surface area contributed by atoms with Gasteiger partial charge in [0.15, 0.2) is 0 Å². The second-order valence-corrected chi connectivity index (χ2v) is 8.43. The van der Waals surface area contributed by atoms with Crippen LogP contribution in [0.2, 0.25) is 0 Å². The van der Waals surface area contributed by atoms with E-state index < -0.39 is 5.82 Å². The summed E-state index contributed by atoms with van der Waals surface area (Å²) in [6, 6.07) is 19.1. The highest BCUT2D eigenvalue weighted by molar-refractivity contribution is 8.00. The van der Waals surface area contributed by atoms with Gasteiger partial charge in [0.25, 0.3) is 5.91 Å². The van der Waals surface area contributed by atoms with Crippen LogP contribution in [0.5, 0.6) is 0 Å². The normalized spacial score (nSPS) is 16.0. The molecule has 1 heterocycles. The predicted molar refractivity (Wildman–Crippen MR) is 119 cm³/mol. The molecule has 3 aromatic rings. The molecule has 0 bridgehead atoms. The van der Waals surface area contributed by atoms with E-state index in [9.17, 15) is 14.0 Å². The number of benzene rings is 3. The monoisotopic (exact) mass is 420 g/mol. The first-order valence-electron chi connectivity index (χ1n) is 9.59. The zero-order valence-corrected chi connectivity index (χ0v) is 17.5. The molecule has 6 heteroatoms. The van der Waals surface area contributed by atoms with Crippen LogP contribution in [0.15, 0.2) is 66.7 Å². The molecule has 1 N–H and O–H groups in total. The Bertz CT molecular complexity index is 1110. The standard InChI is InChI=1S/C24H21FN2O2S/c1-15-9-16(2)11-21(10-15)27-22(28)14-30-24(27)18-6-4-8-20(13-18)26-23(29)17-5-3-7-19(25)12-17/h3-13,24H,14H2,1-2H3,(H,26,29)/t24-/m1/s1. The van der Waals surface area contributed by atoms with Crippen LogP contribution < -0.4 is 10.2 Å². The smallest absolute Gasteiger partial charge is 0.255 e. The third-order valence-electron chi connectivity index (χ3n) is 4.87. The zero-order valence-electron chi connectivity index (χ0n) is 16.7. The minimum atomic E-state index is -0.457. The van der Waals surface area contributed by atoms with Crippen LogP contribution in [0, 0.1) is 19.7 Å². The van der Waals surface area contributed by atoms with Crippen molar-refractivity contribution in [2.24, 2.45) is 0 Å². The summed E-state index contributed by atoms with van der Waals surface area (Å²) in [5.74, 6) is -0.379. The summed E-state index contributed by atoms with van der Waals surface area (Å²) in [6.45, 7) is 4.03. The molecule has 1 saturated heterocycles. The molecule has 152 valence electrons. The number of amides is 2. The Hall–Kier alpha value is -3.12. The average molecular weight is 421 g/mol. The van der Waals surface area contributed by atoms with Gasteiger partial charge in [-0.15, -0.1) is 11.8 Å². The van der Waals surface area contributed by atoms with Gasteiger partial charge in [0, 0.05) is 16.9 Å². The highest BCUT2D eigenvalue weighted by atomic mass is 32.2. The lowest BCUT2D eigenvalue weighted by molar-refractivity contribution is -0.115. The van der Waals surface area contributed by atoms with Gasteiger partial charge < -0.3 is 5.32 Å². The number of hydrogen-bond acceptors (Lipinski definition) is 3. The van der Waals surface area contributed by atoms with Gasteiger partial charge in [-0.2, -0.15) is 0 Å². The molecule has 30 heavy (non-hydrogen) atoms. The third-order valence-corrected chi connectivity index (χ3v) is 6.08. The van der Waals surface area contributed by atoms with E-state index in [1.165, 1.54) is 18.2 Å². The van der Waals surface area contributed by atoms with Gasteiger partial charge in [-0.25, -0.2) is 4.39 Å². The number of aryl methyl sites for hydroxylation is 2. The van der Waals surface area contributed by atoms with E-state index in [4.69, 9.17) is 0 Å². The number of rotatable bonds is 4. The number of halogens is 1. The molecule has 0 aromatic heterocycles. The summed E-state index contributed by atoms with van der Waals surface area (Å²) in [6.07, 6.45) is 0. The lowest BCUT2D eigenvalue weighted by Gasteiger charge is -2.25. The Balaban J connectivity index is 1.61. The quantitative estimate of drug-likeness (QED) is 0.609. The van der Waals surface area contributed by atoms with Crippen molar-refractivity contribution in [2.45, 2.75) is 19.2 Å². The summed E-state index contributed by atoms with van der Waals surface area (Å²) in [5, 5.41) is 2.64. The van der Waals surface area contributed by atoms with E-state index >= 15 is 0 Å². The van der Waals surface area contributed by atoms with Crippen molar-refractivity contribution in [1.29, 1.82) is 0 Å². The molecule has 1 atom stereocenters. The number of anilines is 2. The minimum Gasteiger partial charge on any atom is -0.322 e. The number of carbonyl (C=O) groups is 2. The molecule has 3 aromatic carbocycles. The Morgan fingerprint density at radius 1 is 1.03 bits per heavy atom. The van der Waals surface area contributed by atoms with Crippen LogP contribution in [0.1, 0.15) is 32.4 Å². The van der Waals surface area contributed by atoms with E-state index in [0.29, 0.717) is 11.4 Å². The van der Waals surface area contributed by atoms with Crippen LogP contribution in [-0.2, 0) is 4.79 Å². The fourth-order valence-electron chi connectivity index (χ4n) is 3.64. The maximum Gasteiger partial charge on any atom is 0.255 e. The molecule has 1 aliphatic rings. The molecule has 0 unspecified atom stereocenters. The van der Waals surface area contributed by atoms with Gasteiger partial charge in [-0.3, -0.25) is 14.5 Å². The first-order chi connectivity index (χ1) is 14.4. The van der Waals surface area contributed by atoms with Crippen molar-refractivity contribution in [1.82, 2.24) is 0 Å². The topological polar surface area (TPSA) is 49.4 Å². The van der Waals surface area contributed by atoms with Crippen LogP contribution in [0.25, 0.3) is 0 Å². The lowest BCUT2D eigenvalue weighted by atomic mass is 10.1. The van der Waals surface area contributed by atoms with Crippen molar-refractivity contribution < 1.29 is 14.0 Å². The van der Waals surface area contributed by atoms with E-state index in [1.54, 1.807) is 23.9 Å². The average Bonchev–Trinajstić information content (AvgIpc) is 3.09. The second kappa shape index (κ2) is 8.32. The number of nitrogens with zero attached hydrogens (tertiary/aromatic N) is 1. The van der Waals surface area contributed by atoms with Crippen LogP contribution in [0.4, 0.5) is 15.8 Å². The molecular formula is C24H21FN2O2S. The Morgan fingerprint density at radius 3 is 2.50 bits per heavy atom. The summed E-state index contributed by atoms with van der Waals surface area (Å²) < 4.78 is 13.4. The number of thioether (sulfide) groups is 1. The molecule has 0 aliphatic carbocycles. The van der Waals surface area contributed by atoms with Gasteiger partial charge >= 0.3 is 0 Å². The van der Waals surface area contributed by atoms with Gasteiger partial charge in [0.1, 0.15) is 11.2 Å². The molecule has 1 fully saturated rings. The van der Waals surface area contributed by atoms with Crippen molar-refractivity contribution in [3.05, 3.63) is 94.8 Å². The largest absolute Gasteiger partial charge is 0.322 e.